The van der Waals surface area contributed by atoms with Crippen molar-refractivity contribution in [2.24, 2.45) is 17.3 Å². The van der Waals surface area contributed by atoms with Gasteiger partial charge in [-0.15, -0.1) is 13.2 Å². The second kappa shape index (κ2) is 6.23. The van der Waals surface area contributed by atoms with E-state index < -0.39 is 11.7 Å². The number of rotatable bonds is 7. The molecule has 110 valence electrons. The van der Waals surface area contributed by atoms with Crippen LogP contribution in [-0.2, 0) is 0 Å². The summed E-state index contributed by atoms with van der Waals surface area (Å²) in [6.45, 7) is 13.9. The van der Waals surface area contributed by atoms with Crippen LogP contribution in [0.5, 0.6) is 0 Å². The van der Waals surface area contributed by atoms with E-state index in [2.05, 4.69) is 33.9 Å². The van der Waals surface area contributed by atoms with Gasteiger partial charge in [-0.2, -0.15) is 0 Å². The van der Waals surface area contributed by atoms with Gasteiger partial charge in [0, 0.05) is 0 Å². The van der Waals surface area contributed by atoms with E-state index in [0.29, 0.717) is 25.2 Å². The summed E-state index contributed by atoms with van der Waals surface area (Å²) < 4.78 is 0. The van der Waals surface area contributed by atoms with Gasteiger partial charge in [0.2, 0.25) is 0 Å². The average Bonchev–Trinajstić information content (AvgIpc) is 2.52. The highest BCUT2D eigenvalue weighted by Crippen LogP contribution is 2.56. The lowest BCUT2D eigenvalue weighted by molar-refractivity contribution is -0.107. The van der Waals surface area contributed by atoms with E-state index in [1.807, 2.05) is 6.08 Å². The van der Waals surface area contributed by atoms with E-state index in [1.54, 1.807) is 6.08 Å². The van der Waals surface area contributed by atoms with Gasteiger partial charge < -0.3 is 10.2 Å². The third-order valence-corrected chi connectivity index (χ3v) is 5.05. The van der Waals surface area contributed by atoms with Crippen LogP contribution < -0.4 is 0 Å². The van der Waals surface area contributed by atoms with Crippen molar-refractivity contribution < 1.29 is 10.2 Å². The first-order valence-electron chi connectivity index (χ1n) is 7.43. The van der Waals surface area contributed by atoms with Crippen LogP contribution in [0.2, 0.25) is 0 Å². The van der Waals surface area contributed by atoms with Gasteiger partial charge in [0.25, 0.3) is 0 Å². The Morgan fingerprint density at radius 3 is 2.42 bits per heavy atom. The van der Waals surface area contributed by atoms with Crippen molar-refractivity contribution in [3.8, 4) is 0 Å². The fraction of sp³-hybridized carbons (Fsp3) is 0.765. The minimum absolute atomic E-state index is 0.238. The maximum absolute atomic E-state index is 11.2. The van der Waals surface area contributed by atoms with Gasteiger partial charge in [0.05, 0.1) is 11.7 Å². The first-order valence-corrected chi connectivity index (χ1v) is 7.43. The zero-order valence-corrected chi connectivity index (χ0v) is 12.7. The largest absolute Gasteiger partial charge is 0.393 e. The second-order valence-electron chi connectivity index (χ2n) is 6.75. The van der Waals surface area contributed by atoms with E-state index in [1.165, 1.54) is 0 Å². The summed E-state index contributed by atoms with van der Waals surface area (Å²) in [5.41, 5.74) is -0.983. The first-order chi connectivity index (χ1) is 8.80. The molecule has 1 saturated carbocycles. The van der Waals surface area contributed by atoms with Crippen molar-refractivity contribution in [3.63, 3.8) is 0 Å². The lowest BCUT2D eigenvalue weighted by Crippen LogP contribution is -2.49. The Labute approximate surface area is 118 Å². The summed E-state index contributed by atoms with van der Waals surface area (Å²) in [5.74, 6) is 0.731. The number of aliphatic hydroxyl groups is 2. The Hall–Kier alpha value is -0.600. The minimum atomic E-state index is -0.745. The quantitative estimate of drug-likeness (QED) is 0.690. The van der Waals surface area contributed by atoms with Gasteiger partial charge in [-0.1, -0.05) is 32.9 Å². The Balaban J connectivity index is 2.97. The van der Waals surface area contributed by atoms with Crippen molar-refractivity contribution in [1.29, 1.82) is 0 Å². The minimum Gasteiger partial charge on any atom is -0.393 e. The second-order valence-corrected chi connectivity index (χ2v) is 6.75. The Morgan fingerprint density at radius 1 is 1.32 bits per heavy atom. The molecular formula is C17H30O2. The molecule has 2 heteroatoms. The van der Waals surface area contributed by atoms with Gasteiger partial charge in [-0.05, 0) is 49.4 Å². The molecule has 2 N–H and O–H groups in total. The highest BCUT2D eigenvalue weighted by Gasteiger charge is 2.56. The van der Waals surface area contributed by atoms with Crippen molar-refractivity contribution in [3.05, 3.63) is 25.3 Å². The summed E-state index contributed by atoms with van der Waals surface area (Å²) in [6.07, 6.45) is 6.97. The third-order valence-electron chi connectivity index (χ3n) is 5.05. The number of aliphatic hydroxyl groups excluding tert-OH is 1. The van der Waals surface area contributed by atoms with Crippen molar-refractivity contribution in [2.75, 3.05) is 0 Å². The third kappa shape index (κ3) is 3.11. The van der Waals surface area contributed by atoms with E-state index in [-0.39, 0.29) is 11.3 Å². The van der Waals surface area contributed by atoms with Crippen LogP contribution in [0.1, 0.15) is 52.9 Å². The molecule has 0 aliphatic heterocycles. The molecule has 0 aromatic carbocycles. The molecule has 0 amide bonds. The molecule has 0 spiro atoms. The molecule has 2 nitrogen and oxygen atoms in total. The highest BCUT2D eigenvalue weighted by atomic mass is 16.3. The lowest BCUT2D eigenvalue weighted by Gasteiger charge is -2.45. The fourth-order valence-electron chi connectivity index (χ4n) is 3.95. The molecule has 1 rings (SSSR count). The molecule has 0 radical (unpaired) electrons. The summed E-state index contributed by atoms with van der Waals surface area (Å²) >= 11 is 0. The van der Waals surface area contributed by atoms with Crippen LogP contribution in [-0.4, -0.2) is 21.9 Å². The van der Waals surface area contributed by atoms with Gasteiger partial charge in [0.1, 0.15) is 0 Å². The van der Waals surface area contributed by atoms with Crippen molar-refractivity contribution in [1.82, 2.24) is 0 Å². The lowest BCUT2D eigenvalue weighted by atomic mass is 9.66. The molecule has 0 aromatic heterocycles. The topological polar surface area (TPSA) is 40.5 Å². The van der Waals surface area contributed by atoms with Gasteiger partial charge in [-0.3, -0.25) is 0 Å². The average molecular weight is 266 g/mol. The van der Waals surface area contributed by atoms with Crippen LogP contribution in [0.25, 0.3) is 0 Å². The smallest absolute Gasteiger partial charge is 0.0766 e. The molecule has 1 unspecified atom stereocenters. The predicted octanol–water partition coefficient (Wildman–Crippen LogP) is 3.69. The van der Waals surface area contributed by atoms with Crippen LogP contribution >= 0.6 is 0 Å². The molecular weight excluding hydrogens is 236 g/mol. The summed E-state index contributed by atoms with van der Waals surface area (Å²) in [5, 5.41) is 21.3. The maximum Gasteiger partial charge on any atom is 0.0766 e. The summed E-state index contributed by atoms with van der Waals surface area (Å²) in [4.78, 5) is 0. The van der Waals surface area contributed by atoms with Crippen molar-refractivity contribution >= 4 is 0 Å². The zero-order valence-electron chi connectivity index (χ0n) is 12.7. The van der Waals surface area contributed by atoms with Gasteiger partial charge in [0.15, 0.2) is 0 Å². The monoisotopic (exact) mass is 266 g/mol. The standard InChI is InChI=1S/C17H30O2/c1-6-8-14(18)12-16(5)11-9-15(13(3)4)17(16,19)10-7-2/h6-7,13-15,18-19H,1-2,8-12H2,3-5H3/t14?,15-,16-,17+/m0/s1. The van der Waals surface area contributed by atoms with Crippen molar-refractivity contribution in [2.45, 2.75) is 64.6 Å². The molecule has 1 aliphatic carbocycles. The van der Waals surface area contributed by atoms with E-state index in [9.17, 15) is 10.2 Å². The van der Waals surface area contributed by atoms with Gasteiger partial charge in [-0.25, -0.2) is 0 Å². The van der Waals surface area contributed by atoms with Crippen LogP contribution in [0.15, 0.2) is 25.3 Å². The Kier molecular flexibility index (Phi) is 5.40. The Bertz CT molecular complexity index is 323. The van der Waals surface area contributed by atoms with Crippen LogP contribution in [0, 0.1) is 17.3 Å². The molecule has 0 saturated heterocycles. The molecule has 4 atom stereocenters. The molecule has 0 bridgehead atoms. The van der Waals surface area contributed by atoms with E-state index in [4.69, 9.17) is 0 Å². The van der Waals surface area contributed by atoms with E-state index in [0.717, 1.165) is 12.8 Å². The first kappa shape index (κ1) is 16.5. The normalized spacial score (nSPS) is 36.4. The fourth-order valence-corrected chi connectivity index (χ4v) is 3.95. The molecule has 19 heavy (non-hydrogen) atoms. The number of hydrogen-bond acceptors (Lipinski definition) is 2. The summed E-state index contributed by atoms with van der Waals surface area (Å²) in [7, 11) is 0. The van der Waals surface area contributed by atoms with E-state index >= 15 is 0 Å². The molecule has 0 aromatic rings. The SMILES string of the molecule is C=CCC(O)C[C@]1(C)CC[C@@H](C(C)C)[C@]1(O)CC=C. The highest BCUT2D eigenvalue weighted by molar-refractivity contribution is 5.09. The zero-order chi connectivity index (χ0) is 14.7. The van der Waals surface area contributed by atoms with Crippen LogP contribution in [0.3, 0.4) is 0 Å². The number of hydrogen-bond donors (Lipinski definition) is 2. The molecule has 1 fully saturated rings. The summed E-state index contributed by atoms with van der Waals surface area (Å²) in [6, 6.07) is 0. The molecule has 0 heterocycles. The Morgan fingerprint density at radius 2 is 1.95 bits per heavy atom. The maximum atomic E-state index is 11.2. The predicted molar refractivity (Wildman–Crippen MR) is 80.9 cm³/mol. The molecule has 1 aliphatic rings. The van der Waals surface area contributed by atoms with Crippen LogP contribution in [0.4, 0.5) is 0 Å². The van der Waals surface area contributed by atoms with Gasteiger partial charge >= 0.3 is 0 Å².